The number of carboxylic acids is 1. The van der Waals surface area contributed by atoms with E-state index in [-0.39, 0.29) is 23.5 Å². The maximum atomic E-state index is 14.5. The van der Waals surface area contributed by atoms with Crippen molar-refractivity contribution < 1.29 is 32.5 Å². The quantitative estimate of drug-likeness (QED) is 0.717. The molecule has 2 aromatic rings. The van der Waals surface area contributed by atoms with Gasteiger partial charge in [-0.2, -0.15) is 0 Å². The van der Waals surface area contributed by atoms with Crippen molar-refractivity contribution in [3.63, 3.8) is 0 Å². The number of alkyl halides is 2. The minimum absolute atomic E-state index is 0.0260. The SMILES string of the molecule is Cc1nc(CC(=O)O)c(C2OCCO2)c(NC(C)c2cccc(C(F)F)c2F)n1. The maximum Gasteiger partial charge on any atom is 0.309 e. The Morgan fingerprint density at radius 1 is 1.28 bits per heavy atom. The third-order valence-corrected chi connectivity index (χ3v) is 4.43. The standard InChI is InChI=1S/C19H20F3N3O4/c1-9(11-4-3-5-12(16(11)20)17(21)22)23-18-15(19-28-6-7-29-19)13(8-14(26)27)24-10(2)25-18/h3-5,9,17,19H,6-8H2,1-2H3,(H,26,27)(H,23,24,25). The van der Waals surface area contributed by atoms with Crippen LogP contribution in [0.15, 0.2) is 18.2 Å². The fraction of sp³-hybridized carbons (Fsp3) is 0.421. The van der Waals surface area contributed by atoms with Crippen molar-refractivity contribution in [2.45, 2.75) is 39.0 Å². The monoisotopic (exact) mass is 411 g/mol. The number of ether oxygens (including phenoxy) is 2. The average Bonchev–Trinajstić information content (AvgIpc) is 3.14. The first-order valence-corrected chi connectivity index (χ1v) is 8.93. The molecule has 1 aromatic heterocycles. The van der Waals surface area contributed by atoms with Gasteiger partial charge in [0.25, 0.3) is 6.43 Å². The van der Waals surface area contributed by atoms with Crippen LogP contribution in [0.4, 0.5) is 19.0 Å². The summed E-state index contributed by atoms with van der Waals surface area (Å²) in [4.78, 5) is 19.7. The maximum absolute atomic E-state index is 14.5. The summed E-state index contributed by atoms with van der Waals surface area (Å²) in [7, 11) is 0. The second-order valence-corrected chi connectivity index (χ2v) is 6.54. The highest BCUT2D eigenvalue weighted by Gasteiger charge is 2.29. The van der Waals surface area contributed by atoms with Crippen LogP contribution in [0.25, 0.3) is 0 Å². The van der Waals surface area contributed by atoms with Gasteiger partial charge in [0.15, 0.2) is 6.29 Å². The van der Waals surface area contributed by atoms with Crippen LogP contribution in [0.5, 0.6) is 0 Å². The van der Waals surface area contributed by atoms with Crippen LogP contribution in [0.3, 0.4) is 0 Å². The van der Waals surface area contributed by atoms with Crippen molar-refractivity contribution in [3.8, 4) is 0 Å². The molecule has 1 aliphatic heterocycles. The minimum Gasteiger partial charge on any atom is -0.481 e. The van der Waals surface area contributed by atoms with E-state index < -0.39 is 36.1 Å². The van der Waals surface area contributed by atoms with Gasteiger partial charge < -0.3 is 19.9 Å². The molecule has 0 amide bonds. The number of nitrogens with zero attached hydrogens (tertiary/aromatic N) is 2. The van der Waals surface area contributed by atoms with Crippen LogP contribution < -0.4 is 5.32 Å². The molecule has 2 heterocycles. The fourth-order valence-corrected chi connectivity index (χ4v) is 3.15. The Morgan fingerprint density at radius 2 is 1.93 bits per heavy atom. The van der Waals surface area contributed by atoms with E-state index in [0.717, 1.165) is 6.07 Å². The van der Waals surface area contributed by atoms with Crippen LogP contribution in [0.2, 0.25) is 0 Å². The van der Waals surface area contributed by atoms with Gasteiger partial charge in [-0.05, 0) is 13.8 Å². The first-order valence-electron chi connectivity index (χ1n) is 8.93. The van der Waals surface area contributed by atoms with Crippen molar-refractivity contribution in [1.29, 1.82) is 0 Å². The van der Waals surface area contributed by atoms with Crippen molar-refractivity contribution in [1.82, 2.24) is 9.97 Å². The summed E-state index contributed by atoms with van der Waals surface area (Å²) < 4.78 is 51.6. The molecule has 10 heteroatoms. The summed E-state index contributed by atoms with van der Waals surface area (Å²) >= 11 is 0. The summed E-state index contributed by atoms with van der Waals surface area (Å²) in [5.41, 5.74) is -0.163. The molecule has 29 heavy (non-hydrogen) atoms. The summed E-state index contributed by atoms with van der Waals surface area (Å²) in [5.74, 6) is -1.61. The zero-order chi connectivity index (χ0) is 21.1. The molecule has 156 valence electrons. The summed E-state index contributed by atoms with van der Waals surface area (Å²) in [6, 6.07) is 3.03. The molecule has 0 aliphatic carbocycles. The number of aliphatic carboxylic acids is 1. The third-order valence-electron chi connectivity index (χ3n) is 4.43. The number of benzene rings is 1. The molecular weight excluding hydrogens is 391 g/mol. The van der Waals surface area contributed by atoms with Gasteiger partial charge in [-0.1, -0.05) is 18.2 Å². The first kappa shape index (κ1) is 21.0. The lowest BCUT2D eigenvalue weighted by Crippen LogP contribution is -2.19. The summed E-state index contributed by atoms with van der Waals surface area (Å²) in [6.45, 7) is 3.79. The Labute approximate surface area is 164 Å². The molecule has 1 fully saturated rings. The highest BCUT2D eigenvalue weighted by Crippen LogP contribution is 2.34. The molecule has 1 unspecified atom stereocenters. The highest BCUT2D eigenvalue weighted by atomic mass is 19.3. The molecule has 7 nitrogen and oxygen atoms in total. The Kier molecular flexibility index (Phi) is 6.33. The second kappa shape index (κ2) is 8.75. The van der Waals surface area contributed by atoms with Gasteiger partial charge in [0.05, 0.1) is 42.5 Å². The number of aromatic nitrogens is 2. The van der Waals surface area contributed by atoms with Crippen LogP contribution in [-0.2, 0) is 20.7 Å². The Bertz CT molecular complexity index is 905. The number of aryl methyl sites for hydroxylation is 1. The molecular formula is C19H20F3N3O4. The fourth-order valence-electron chi connectivity index (χ4n) is 3.15. The van der Waals surface area contributed by atoms with Crippen molar-refractivity contribution in [2.75, 3.05) is 18.5 Å². The lowest BCUT2D eigenvalue weighted by Gasteiger charge is -2.22. The van der Waals surface area contributed by atoms with E-state index in [1.54, 1.807) is 13.8 Å². The summed E-state index contributed by atoms with van der Waals surface area (Å²) in [5, 5.41) is 12.2. The molecule has 1 aliphatic rings. The van der Waals surface area contributed by atoms with Gasteiger partial charge in [-0.3, -0.25) is 4.79 Å². The zero-order valence-electron chi connectivity index (χ0n) is 15.8. The van der Waals surface area contributed by atoms with Crippen LogP contribution in [-0.4, -0.2) is 34.3 Å². The number of hydrogen-bond acceptors (Lipinski definition) is 6. The topological polar surface area (TPSA) is 93.6 Å². The zero-order valence-corrected chi connectivity index (χ0v) is 15.8. The van der Waals surface area contributed by atoms with Crippen molar-refractivity contribution >= 4 is 11.8 Å². The molecule has 0 saturated carbocycles. The molecule has 1 atom stereocenters. The lowest BCUT2D eigenvalue weighted by atomic mass is 10.0. The van der Waals surface area contributed by atoms with Gasteiger partial charge in [-0.15, -0.1) is 0 Å². The molecule has 0 radical (unpaired) electrons. The van der Waals surface area contributed by atoms with Crippen molar-refractivity contribution in [3.05, 3.63) is 52.2 Å². The second-order valence-electron chi connectivity index (χ2n) is 6.54. The predicted octanol–water partition coefficient (Wildman–Crippen LogP) is 3.71. The van der Waals surface area contributed by atoms with Gasteiger partial charge in [-0.25, -0.2) is 23.1 Å². The van der Waals surface area contributed by atoms with E-state index in [0.29, 0.717) is 24.6 Å². The smallest absolute Gasteiger partial charge is 0.309 e. The summed E-state index contributed by atoms with van der Waals surface area (Å²) in [6.07, 6.45) is -4.21. The van der Waals surface area contributed by atoms with E-state index in [2.05, 4.69) is 15.3 Å². The van der Waals surface area contributed by atoms with Gasteiger partial charge in [0.2, 0.25) is 0 Å². The highest BCUT2D eigenvalue weighted by molar-refractivity contribution is 5.71. The molecule has 3 rings (SSSR count). The predicted molar refractivity (Wildman–Crippen MR) is 96.1 cm³/mol. The number of rotatable bonds is 7. The molecule has 1 aromatic carbocycles. The number of carboxylic acid groups (broad SMARTS) is 1. The van der Waals surface area contributed by atoms with Gasteiger partial charge >= 0.3 is 5.97 Å². The Morgan fingerprint density at radius 3 is 2.55 bits per heavy atom. The van der Waals surface area contributed by atoms with Crippen LogP contribution >= 0.6 is 0 Å². The minimum atomic E-state index is -2.94. The normalized spacial score (nSPS) is 15.7. The van der Waals surface area contributed by atoms with E-state index >= 15 is 0 Å². The lowest BCUT2D eigenvalue weighted by molar-refractivity contribution is -0.136. The van der Waals surface area contributed by atoms with Gasteiger partial charge in [0.1, 0.15) is 17.5 Å². The van der Waals surface area contributed by atoms with Crippen LogP contribution in [0.1, 0.15) is 53.9 Å². The third kappa shape index (κ3) is 4.65. The number of anilines is 1. The average molecular weight is 411 g/mol. The molecule has 0 bridgehead atoms. The number of halogens is 3. The van der Waals surface area contributed by atoms with E-state index in [1.165, 1.54) is 12.1 Å². The molecule has 0 spiro atoms. The Hall–Kier alpha value is -2.72. The molecule has 1 saturated heterocycles. The van der Waals surface area contributed by atoms with Gasteiger partial charge in [0, 0.05) is 5.56 Å². The van der Waals surface area contributed by atoms with Crippen molar-refractivity contribution in [2.24, 2.45) is 0 Å². The first-order chi connectivity index (χ1) is 13.8. The number of nitrogens with one attached hydrogen (secondary N) is 1. The largest absolute Gasteiger partial charge is 0.481 e. The van der Waals surface area contributed by atoms with Crippen LogP contribution in [0, 0.1) is 12.7 Å². The molecule has 2 N–H and O–H groups in total. The Balaban J connectivity index is 2.01. The van der Waals surface area contributed by atoms with E-state index in [4.69, 9.17) is 9.47 Å². The number of carbonyl (C=O) groups is 1. The van der Waals surface area contributed by atoms with E-state index in [1.807, 2.05) is 0 Å². The van der Waals surface area contributed by atoms with E-state index in [9.17, 15) is 23.1 Å². The number of hydrogen-bond donors (Lipinski definition) is 2.